The Morgan fingerprint density at radius 1 is 1.50 bits per heavy atom. The van der Waals surface area contributed by atoms with Gasteiger partial charge in [0.15, 0.2) is 5.69 Å². The van der Waals surface area contributed by atoms with E-state index in [4.69, 9.17) is 22.4 Å². The van der Waals surface area contributed by atoms with Crippen LogP contribution < -0.4 is 11.4 Å². The molecule has 0 saturated heterocycles. The highest BCUT2D eigenvalue weighted by atomic mass is 35.5. The molecule has 0 saturated carbocycles. The lowest BCUT2D eigenvalue weighted by Crippen LogP contribution is -2.19. The quantitative estimate of drug-likeness (QED) is 0.765. The van der Waals surface area contributed by atoms with Gasteiger partial charge in [0.25, 0.3) is 0 Å². The van der Waals surface area contributed by atoms with Crippen molar-refractivity contribution in [1.29, 1.82) is 0 Å². The fraction of sp³-hybridized carbons (Fsp3) is 0.0909. The van der Waals surface area contributed by atoms with Crippen LogP contribution in [0.3, 0.4) is 0 Å². The molecule has 0 aliphatic rings. The number of halogens is 1. The SMILES string of the molecule is Cc1ccc(-n2c(C(=O)O)c(N)[nH]c2=O)cc1Cl. The van der Waals surface area contributed by atoms with Crippen LogP contribution in [0, 0.1) is 6.92 Å². The van der Waals surface area contributed by atoms with Crippen LogP contribution in [0.25, 0.3) is 5.69 Å². The second-order valence-electron chi connectivity index (χ2n) is 3.77. The van der Waals surface area contributed by atoms with E-state index in [0.29, 0.717) is 10.7 Å². The average Bonchev–Trinajstić information content (AvgIpc) is 2.57. The standard InChI is InChI=1S/C11H10ClN3O3/c1-5-2-3-6(4-7(5)12)15-8(10(16)17)9(13)14-11(15)18/h2-4H,13H2,1H3,(H,14,18)(H,16,17). The summed E-state index contributed by atoms with van der Waals surface area (Å²) in [5, 5.41) is 9.49. The van der Waals surface area contributed by atoms with Gasteiger partial charge in [0.05, 0.1) is 5.69 Å². The number of anilines is 1. The number of hydrogen-bond donors (Lipinski definition) is 3. The lowest BCUT2D eigenvalue weighted by Gasteiger charge is -2.06. The normalized spacial score (nSPS) is 10.6. The molecule has 2 rings (SSSR count). The van der Waals surface area contributed by atoms with Crippen LogP contribution in [0.15, 0.2) is 23.0 Å². The van der Waals surface area contributed by atoms with Crippen molar-refractivity contribution in [1.82, 2.24) is 9.55 Å². The van der Waals surface area contributed by atoms with Crippen LogP contribution in [-0.2, 0) is 0 Å². The van der Waals surface area contributed by atoms with Crippen LogP contribution in [0.4, 0.5) is 5.82 Å². The van der Waals surface area contributed by atoms with E-state index >= 15 is 0 Å². The predicted octanol–water partition coefficient (Wildman–Crippen LogP) is 1.41. The molecule has 6 nitrogen and oxygen atoms in total. The van der Waals surface area contributed by atoms with Crippen LogP contribution in [0.5, 0.6) is 0 Å². The molecular weight excluding hydrogens is 258 g/mol. The minimum absolute atomic E-state index is 0.191. The zero-order chi connectivity index (χ0) is 13.4. The summed E-state index contributed by atoms with van der Waals surface area (Å²) in [6, 6.07) is 4.80. The van der Waals surface area contributed by atoms with Gasteiger partial charge in [0.1, 0.15) is 5.82 Å². The predicted molar refractivity (Wildman–Crippen MR) is 67.5 cm³/mol. The van der Waals surface area contributed by atoms with E-state index in [2.05, 4.69) is 4.98 Å². The number of aryl methyl sites for hydroxylation is 1. The lowest BCUT2D eigenvalue weighted by molar-refractivity contribution is 0.0689. The Hall–Kier alpha value is -2.21. The second-order valence-corrected chi connectivity index (χ2v) is 4.17. The number of aromatic nitrogens is 2. The molecule has 18 heavy (non-hydrogen) atoms. The average molecular weight is 268 g/mol. The summed E-state index contributed by atoms with van der Waals surface area (Å²) in [5.41, 5.74) is 5.71. The van der Waals surface area contributed by atoms with Gasteiger partial charge in [-0.15, -0.1) is 0 Å². The number of nitrogen functional groups attached to an aromatic ring is 1. The first-order chi connectivity index (χ1) is 8.41. The minimum Gasteiger partial charge on any atom is -0.476 e. The monoisotopic (exact) mass is 267 g/mol. The molecule has 7 heteroatoms. The Labute approximate surface area is 107 Å². The zero-order valence-electron chi connectivity index (χ0n) is 9.40. The van der Waals surface area contributed by atoms with Crippen LogP contribution in [0.2, 0.25) is 5.02 Å². The summed E-state index contributed by atoms with van der Waals surface area (Å²) in [5.74, 6) is -1.48. The number of nitrogens with one attached hydrogen (secondary N) is 1. The summed E-state index contributed by atoms with van der Waals surface area (Å²) < 4.78 is 0.975. The molecule has 1 aromatic heterocycles. The van der Waals surface area contributed by atoms with Gasteiger partial charge in [-0.1, -0.05) is 17.7 Å². The molecule has 4 N–H and O–H groups in total. The number of carboxylic acids is 1. The number of rotatable bonds is 2. The maximum Gasteiger partial charge on any atom is 0.356 e. The summed E-state index contributed by atoms with van der Waals surface area (Å²) in [6.07, 6.45) is 0. The van der Waals surface area contributed by atoms with Crippen molar-refractivity contribution in [3.8, 4) is 5.69 Å². The molecular formula is C11H10ClN3O3. The van der Waals surface area contributed by atoms with E-state index in [1.807, 2.05) is 0 Å². The Morgan fingerprint density at radius 3 is 2.72 bits per heavy atom. The van der Waals surface area contributed by atoms with Crippen LogP contribution in [0.1, 0.15) is 16.1 Å². The molecule has 0 radical (unpaired) electrons. The van der Waals surface area contributed by atoms with Crippen molar-refractivity contribution >= 4 is 23.4 Å². The molecule has 0 atom stereocenters. The first-order valence-corrected chi connectivity index (χ1v) is 5.40. The molecule has 0 amide bonds. The molecule has 0 spiro atoms. The number of hydrogen-bond acceptors (Lipinski definition) is 3. The first kappa shape index (κ1) is 12.3. The molecule has 0 fully saturated rings. The fourth-order valence-electron chi connectivity index (χ4n) is 1.63. The molecule has 2 aromatic rings. The van der Waals surface area contributed by atoms with E-state index in [1.165, 1.54) is 6.07 Å². The summed E-state index contributed by atoms with van der Waals surface area (Å²) in [4.78, 5) is 25.0. The van der Waals surface area contributed by atoms with Crippen molar-refractivity contribution < 1.29 is 9.90 Å². The fourth-order valence-corrected chi connectivity index (χ4v) is 1.81. The lowest BCUT2D eigenvalue weighted by atomic mass is 10.2. The number of H-pyrrole nitrogens is 1. The number of nitrogens with two attached hydrogens (primary N) is 1. The number of benzene rings is 1. The third-order valence-corrected chi connectivity index (χ3v) is 2.95. The smallest absolute Gasteiger partial charge is 0.356 e. The minimum atomic E-state index is -1.29. The Balaban J connectivity index is 2.74. The molecule has 0 bridgehead atoms. The number of nitrogens with zero attached hydrogens (tertiary/aromatic N) is 1. The van der Waals surface area contributed by atoms with E-state index in [1.54, 1.807) is 19.1 Å². The van der Waals surface area contributed by atoms with Gasteiger partial charge in [-0.2, -0.15) is 0 Å². The molecule has 1 aromatic carbocycles. The van der Waals surface area contributed by atoms with Gasteiger partial charge >= 0.3 is 11.7 Å². The van der Waals surface area contributed by atoms with E-state index in [0.717, 1.165) is 10.1 Å². The number of carbonyl (C=O) groups is 1. The van der Waals surface area contributed by atoms with Crippen molar-refractivity contribution in [2.24, 2.45) is 0 Å². The molecule has 94 valence electrons. The second kappa shape index (κ2) is 4.23. The maximum absolute atomic E-state index is 11.7. The largest absolute Gasteiger partial charge is 0.476 e. The highest BCUT2D eigenvalue weighted by molar-refractivity contribution is 6.31. The van der Waals surface area contributed by atoms with Crippen molar-refractivity contribution in [2.45, 2.75) is 6.92 Å². The molecule has 0 aliphatic heterocycles. The van der Waals surface area contributed by atoms with Crippen LogP contribution in [-0.4, -0.2) is 20.6 Å². The Bertz CT molecular complexity index is 687. The summed E-state index contributed by atoms with van der Waals surface area (Å²) in [6.45, 7) is 1.80. The van der Waals surface area contributed by atoms with Gasteiger partial charge in [-0.05, 0) is 24.6 Å². The number of aromatic carboxylic acids is 1. The van der Waals surface area contributed by atoms with Gasteiger partial charge in [0.2, 0.25) is 0 Å². The third kappa shape index (κ3) is 1.86. The van der Waals surface area contributed by atoms with E-state index in [-0.39, 0.29) is 11.5 Å². The van der Waals surface area contributed by atoms with E-state index in [9.17, 15) is 9.59 Å². The highest BCUT2D eigenvalue weighted by Gasteiger charge is 2.19. The summed E-state index contributed by atoms with van der Waals surface area (Å²) in [7, 11) is 0. The molecule has 0 unspecified atom stereocenters. The van der Waals surface area contributed by atoms with Gasteiger partial charge in [-0.25, -0.2) is 9.59 Å². The third-order valence-electron chi connectivity index (χ3n) is 2.54. The molecule has 0 aliphatic carbocycles. The number of carboxylic acid groups (broad SMARTS) is 1. The van der Waals surface area contributed by atoms with Crippen molar-refractivity contribution in [3.05, 3.63) is 45.0 Å². The number of imidazole rings is 1. The van der Waals surface area contributed by atoms with Gasteiger partial charge in [0, 0.05) is 5.02 Å². The summed E-state index contributed by atoms with van der Waals surface area (Å²) >= 11 is 5.95. The Kier molecular flexibility index (Phi) is 2.88. The maximum atomic E-state index is 11.7. The highest BCUT2D eigenvalue weighted by Crippen LogP contribution is 2.20. The zero-order valence-corrected chi connectivity index (χ0v) is 10.2. The van der Waals surface area contributed by atoms with Crippen LogP contribution >= 0.6 is 11.6 Å². The van der Waals surface area contributed by atoms with E-state index < -0.39 is 11.7 Å². The van der Waals surface area contributed by atoms with Gasteiger partial charge < -0.3 is 10.8 Å². The van der Waals surface area contributed by atoms with Crippen molar-refractivity contribution in [3.63, 3.8) is 0 Å². The topological polar surface area (TPSA) is 101 Å². The molecule has 1 heterocycles. The Morgan fingerprint density at radius 2 is 2.17 bits per heavy atom. The van der Waals surface area contributed by atoms with Crippen molar-refractivity contribution in [2.75, 3.05) is 5.73 Å². The first-order valence-electron chi connectivity index (χ1n) is 5.02. The number of aromatic amines is 1. The van der Waals surface area contributed by atoms with Gasteiger partial charge in [-0.3, -0.25) is 9.55 Å².